The van der Waals surface area contributed by atoms with E-state index >= 15 is 0 Å². The van der Waals surface area contributed by atoms with Crippen LogP contribution in [-0.2, 0) is 14.3 Å². The summed E-state index contributed by atoms with van der Waals surface area (Å²) < 4.78 is 4.28. The highest BCUT2D eigenvalue weighted by molar-refractivity contribution is 5.68. The van der Waals surface area contributed by atoms with Crippen molar-refractivity contribution in [3.63, 3.8) is 0 Å². The molecular formula is C4H6O4. The third-order valence-corrected chi connectivity index (χ3v) is 0.411. The van der Waals surface area contributed by atoms with Gasteiger partial charge in [0.2, 0.25) is 0 Å². The van der Waals surface area contributed by atoms with Gasteiger partial charge in [-0.1, -0.05) is 0 Å². The molecule has 0 aliphatic heterocycles. The smallest absolute Gasteiger partial charge is 0.329 e. The van der Waals surface area contributed by atoms with E-state index in [1.165, 1.54) is 0 Å². The zero-order chi connectivity index (χ0) is 6.41. The standard InChI is InChI=1S/C4H6O4/c5-1-2-8-3-4(6)7/h1H,2-3H2,(H,6,7). The lowest BCUT2D eigenvalue weighted by Gasteiger charge is -1.89. The number of hydrogen-bond acceptors (Lipinski definition) is 3. The van der Waals surface area contributed by atoms with Gasteiger partial charge in [-0.2, -0.15) is 0 Å². The molecule has 4 nitrogen and oxygen atoms in total. The molecule has 0 aromatic rings. The fourth-order valence-electron chi connectivity index (χ4n) is 0.194. The molecule has 0 aliphatic rings. The maximum Gasteiger partial charge on any atom is 0.329 e. The normalized spacial score (nSPS) is 8.50. The summed E-state index contributed by atoms with van der Waals surface area (Å²) >= 11 is 0. The van der Waals surface area contributed by atoms with Crippen LogP contribution in [0.4, 0.5) is 0 Å². The molecule has 0 radical (unpaired) electrons. The lowest BCUT2D eigenvalue weighted by Crippen LogP contribution is -2.07. The summed E-state index contributed by atoms with van der Waals surface area (Å²) in [4.78, 5) is 19.1. The first-order chi connectivity index (χ1) is 3.77. The molecule has 0 bridgehead atoms. The molecule has 0 spiro atoms. The average Bonchev–Trinajstić information content (AvgIpc) is 1.66. The maximum atomic E-state index is 9.63. The number of hydrogen-bond donors (Lipinski definition) is 1. The van der Waals surface area contributed by atoms with E-state index in [2.05, 4.69) is 4.74 Å². The number of aliphatic carboxylic acids is 1. The molecule has 1 N–H and O–H groups in total. The summed E-state index contributed by atoms with van der Waals surface area (Å²) in [7, 11) is 0. The highest BCUT2D eigenvalue weighted by Crippen LogP contribution is 1.68. The number of carboxylic acid groups (broad SMARTS) is 1. The van der Waals surface area contributed by atoms with E-state index in [4.69, 9.17) is 5.11 Å². The van der Waals surface area contributed by atoms with Crippen LogP contribution in [-0.4, -0.2) is 30.6 Å². The highest BCUT2D eigenvalue weighted by atomic mass is 16.5. The molecule has 0 fully saturated rings. The van der Waals surface area contributed by atoms with E-state index in [0.717, 1.165) is 0 Å². The van der Waals surface area contributed by atoms with Crippen LogP contribution < -0.4 is 0 Å². The topological polar surface area (TPSA) is 63.6 Å². The number of carbonyl (C=O) groups excluding carboxylic acids is 1. The van der Waals surface area contributed by atoms with Crippen molar-refractivity contribution >= 4 is 12.3 Å². The number of carboxylic acids is 1. The summed E-state index contributed by atoms with van der Waals surface area (Å²) in [6.45, 7) is -0.551. The second-order valence-corrected chi connectivity index (χ2v) is 1.08. The Balaban J connectivity index is 2.93. The quantitative estimate of drug-likeness (QED) is 0.391. The van der Waals surface area contributed by atoms with Gasteiger partial charge in [-0.05, 0) is 0 Å². The molecule has 0 aromatic heterocycles. The summed E-state index contributed by atoms with van der Waals surface area (Å²) in [5.74, 6) is -1.06. The van der Waals surface area contributed by atoms with E-state index in [9.17, 15) is 9.59 Å². The first-order valence-electron chi connectivity index (χ1n) is 2.00. The van der Waals surface area contributed by atoms with Crippen molar-refractivity contribution in [3.05, 3.63) is 0 Å². The Morgan fingerprint density at radius 2 is 2.38 bits per heavy atom. The molecular weight excluding hydrogens is 112 g/mol. The second kappa shape index (κ2) is 4.26. The monoisotopic (exact) mass is 118 g/mol. The Morgan fingerprint density at radius 1 is 1.75 bits per heavy atom. The van der Waals surface area contributed by atoms with Gasteiger partial charge in [0.1, 0.15) is 19.5 Å². The molecule has 0 aromatic carbocycles. The van der Waals surface area contributed by atoms with Crippen LogP contribution in [0.1, 0.15) is 0 Å². The number of carbonyl (C=O) groups is 2. The van der Waals surface area contributed by atoms with Gasteiger partial charge >= 0.3 is 5.97 Å². The molecule has 0 amide bonds. The minimum atomic E-state index is -1.06. The number of rotatable bonds is 4. The van der Waals surface area contributed by atoms with Gasteiger partial charge in [0.05, 0.1) is 0 Å². The molecule has 0 saturated heterocycles. The van der Waals surface area contributed by atoms with Gasteiger partial charge < -0.3 is 14.6 Å². The van der Waals surface area contributed by atoms with Crippen molar-refractivity contribution in [2.24, 2.45) is 0 Å². The fourth-order valence-corrected chi connectivity index (χ4v) is 0.194. The van der Waals surface area contributed by atoms with E-state index in [0.29, 0.717) is 6.29 Å². The molecule has 8 heavy (non-hydrogen) atoms. The number of ether oxygens (including phenoxy) is 1. The maximum absolute atomic E-state index is 9.63. The van der Waals surface area contributed by atoms with Gasteiger partial charge in [-0.15, -0.1) is 0 Å². The molecule has 0 rings (SSSR count). The lowest BCUT2D eigenvalue weighted by molar-refractivity contribution is -0.142. The van der Waals surface area contributed by atoms with Gasteiger partial charge in [-0.3, -0.25) is 0 Å². The van der Waals surface area contributed by atoms with Crippen LogP contribution >= 0.6 is 0 Å². The van der Waals surface area contributed by atoms with Crippen molar-refractivity contribution in [3.8, 4) is 0 Å². The van der Waals surface area contributed by atoms with E-state index in [-0.39, 0.29) is 6.61 Å². The van der Waals surface area contributed by atoms with E-state index in [1.54, 1.807) is 0 Å². The Hall–Kier alpha value is -0.900. The zero-order valence-electron chi connectivity index (χ0n) is 4.16. The molecule has 0 saturated carbocycles. The second-order valence-electron chi connectivity index (χ2n) is 1.08. The van der Waals surface area contributed by atoms with Gasteiger partial charge in [-0.25, -0.2) is 4.79 Å². The van der Waals surface area contributed by atoms with Gasteiger partial charge in [0.25, 0.3) is 0 Å². The third-order valence-electron chi connectivity index (χ3n) is 0.411. The highest BCUT2D eigenvalue weighted by Gasteiger charge is 1.92. The Labute approximate surface area is 46.1 Å². The van der Waals surface area contributed by atoms with Crippen molar-refractivity contribution in [2.45, 2.75) is 0 Å². The van der Waals surface area contributed by atoms with Gasteiger partial charge in [0.15, 0.2) is 0 Å². The number of aldehydes is 1. The minimum absolute atomic E-state index is 0.147. The van der Waals surface area contributed by atoms with Crippen LogP contribution in [0.15, 0.2) is 0 Å². The molecule has 0 unspecified atom stereocenters. The van der Waals surface area contributed by atoms with Crippen LogP contribution in [0.25, 0.3) is 0 Å². The van der Waals surface area contributed by atoms with E-state index in [1.807, 2.05) is 0 Å². The zero-order valence-corrected chi connectivity index (χ0v) is 4.16. The minimum Gasteiger partial charge on any atom is -0.480 e. The van der Waals surface area contributed by atoms with Crippen LogP contribution in [0.3, 0.4) is 0 Å². The molecule has 4 heteroatoms. The third kappa shape index (κ3) is 5.10. The molecule has 46 valence electrons. The summed E-state index contributed by atoms with van der Waals surface area (Å²) in [6, 6.07) is 0. The van der Waals surface area contributed by atoms with Crippen molar-refractivity contribution in [1.82, 2.24) is 0 Å². The first-order valence-corrected chi connectivity index (χ1v) is 2.00. The summed E-state index contributed by atoms with van der Waals surface area (Å²) in [5, 5.41) is 7.90. The fraction of sp³-hybridized carbons (Fsp3) is 0.500. The van der Waals surface area contributed by atoms with Gasteiger partial charge in [0, 0.05) is 0 Å². The van der Waals surface area contributed by atoms with Crippen LogP contribution in [0, 0.1) is 0 Å². The summed E-state index contributed by atoms with van der Waals surface area (Å²) in [5.41, 5.74) is 0. The molecule has 0 aliphatic carbocycles. The SMILES string of the molecule is O=CCOCC(=O)O. The van der Waals surface area contributed by atoms with Crippen LogP contribution in [0.2, 0.25) is 0 Å². The molecule has 0 atom stereocenters. The van der Waals surface area contributed by atoms with Crippen LogP contribution in [0.5, 0.6) is 0 Å². The predicted octanol–water partition coefficient (Wildman–Crippen LogP) is -0.714. The van der Waals surface area contributed by atoms with Crippen molar-refractivity contribution in [2.75, 3.05) is 13.2 Å². The largest absolute Gasteiger partial charge is 0.480 e. The summed E-state index contributed by atoms with van der Waals surface area (Å²) in [6.07, 6.45) is 0.503. The predicted molar refractivity (Wildman–Crippen MR) is 24.5 cm³/mol. The average molecular weight is 118 g/mol. The van der Waals surface area contributed by atoms with E-state index < -0.39 is 12.6 Å². The van der Waals surface area contributed by atoms with Crippen molar-refractivity contribution < 1.29 is 19.4 Å². The lowest BCUT2D eigenvalue weighted by atomic mass is 10.7. The first kappa shape index (κ1) is 7.10. The van der Waals surface area contributed by atoms with Crippen molar-refractivity contribution in [1.29, 1.82) is 0 Å². The Kier molecular flexibility index (Phi) is 3.78. The molecule has 0 heterocycles. The Morgan fingerprint density at radius 3 is 2.75 bits per heavy atom. The Bertz CT molecular complexity index is 88.0.